The molecule has 5 heteroatoms. The van der Waals surface area contributed by atoms with E-state index >= 15 is 0 Å². The predicted octanol–water partition coefficient (Wildman–Crippen LogP) is 2.94. The van der Waals surface area contributed by atoms with E-state index in [-0.39, 0.29) is 10.6 Å². The first-order valence-electron chi connectivity index (χ1n) is 3.52. The maximum atomic E-state index is 12.1. The number of halogens is 4. The first kappa shape index (κ1) is 9.83. The molecule has 0 spiro atoms. The van der Waals surface area contributed by atoms with Gasteiger partial charge in [-0.25, -0.2) is 0 Å². The minimum Gasteiger partial charge on any atom is -0.259 e. The largest absolute Gasteiger partial charge is 0.319 e. The molecule has 0 unspecified atom stereocenters. The van der Waals surface area contributed by atoms with Crippen LogP contribution in [0.5, 0.6) is 0 Å². The Kier molecular flexibility index (Phi) is 3.11. The molecule has 0 aliphatic carbocycles. The van der Waals surface area contributed by atoms with Gasteiger partial charge in [0.15, 0.2) is 0 Å². The van der Waals surface area contributed by atoms with E-state index in [1.54, 1.807) is 6.07 Å². The van der Waals surface area contributed by atoms with Gasteiger partial charge in [0, 0.05) is 5.69 Å². The summed E-state index contributed by atoms with van der Waals surface area (Å²) in [5.41, 5.74) is -0.187. The third-order valence-corrected chi connectivity index (χ3v) is 1.47. The summed E-state index contributed by atoms with van der Waals surface area (Å²) in [5.74, 6) is 0. The lowest BCUT2D eigenvalue weighted by Gasteiger charge is -2.21. The summed E-state index contributed by atoms with van der Waals surface area (Å²) in [6, 6.07) is 6.83. The molecule has 13 heavy (non-hydrogen) atoms. The first-order chi connectivity index (χ1) is 6.13. The van der Waals surface area contributed by atoms with Crippen LogP contribution in [0.3, 0.4) is 0 Å². The van der Waals surface area contributed by atoms with Gasteiger partial charge in [0.2, 0.25) is 0 Å². The van der Waals surface area contributed by atoms with Gasteiger partial charge in [-0.1, -0.05) is 18.2 Å². The summed E-state index contributed by atoms with van der Waals surface area (Å²) >= 11 is 0. The fourth-order valence-corrected chi connectivity index (χ4v) is 0.911. The molecule has 0 bridgehead atoms. The maximum absolute atomic E-state index is 12.1. The molecule has 0 fully saturated rings. The van der Waals surface area contributed by atoms with Gasteiger partial charge < -0.3 is 0 Å². The molecule has 0 saturated heterocycles. The van der Waals surface area contributed by atoms with E-state index in [1.807, 2.05) is 0 Å². The van der Waals surface area contributed by atoms with Gasteiger partial charge in [0.1, 0.15) is 0 Å². The van der Waals surface area contributed by atoms with E-state index in [9.17, 15) is 17.6 Å². The molecule has 72 valence electrons. The Morgan fingerprint density at radius 3 is 1.69 bits per heavy atom. The van der Waals surface area contributed by atoms with Crippen molar-refractivity contribution in [2.75, 3.05) is 4.90 Å². The van der Waals surface area contributed by atoms with Gasteiger partial charge in [-0.2, -0.15) is 17.6 Å². The normalized spacial score (nSPS) is 10.9. The fraction of sp³-hybridized carbons (Fsp3) is 0.250. The average molecular weight is 193 g/mol. The minimum absolute atomic E-state index is 0.187. The Labute approximate surface area is 72.6 Å². The summed E-state index contributed by atoms with van der Waals surface area (Å²) in [7, 11) is 0. The van der Waals surface area contributed by atoms with E-state index in [2.05, 4.69) is 0 Å². The Hall–Kier alpha value is -1.26. The Bertz CT molecular complexity index is 242. The smallest absolute Gasteiger partial charge is 0.259 e. The van der Waals surface area contributed by atoms with Crippen LogP contribution in [-0.4, -0.2) is 13.1 Å². The molecule has 0 heterocycles. The van der Waals surface area contributed by atoms with E-state index < -0.39 is 13.1 Å². The summed E-state index contributed by atoms with van der Waals surface area (Å²) in [6.45, 7) is -6.38. The fourth-order valence-electron chi connectivity index (χ4n) is 0.911. The van der Waals surface area contributed by atoms with E-state index in [0.29, 0.717) is 0 Å². The molecule has 0 atom stereocenters. The Morgan fingerprint density at radius 1 is 0.846 bits per heavy atom. The molecule has 0 aromatic heterocycles. The zero-order valence-electron chi connectivity index (χ0n) is 6.50. The van der Waals surface area contributed by atoms with Crippen molar-refractivity contribution in [2.24, 2.45) is 0 Å². The summed E-state index contributed by atoms with van der Waals surface area (Å²) in [4.78, 5) is -0.250. The highest BCUT2D eigenvalue weighted by molar-refractivity contribution is 5.45. The van der Waals surface area contributed by atoms with Gasteiger partial charge in [-0.05, 0) is 12.1 Å². The molecule has 0 aliphatic rings. The highest BCUT2D eigenvalue weighted by Gasteiger charge is 2.25. The molecular formula is C8H7F4N. The lowest BCUT2D eigenvalue weighted by Crippen LogP contribution is -2.33. The van der Waals surface area contributed by atoms with Crippen LogP contribution in [0.1, 0.15) is 0 Å². The van der Waals surface area contributed by atoms with Crippen LogP contribution in [0.2, 0.25) is 0 Å². The maximum Gasteiger partial charge on any atom is 0.319 e. The van der Waals surface area contributed by atoms with Crippen molar-refractivity contribution in [3.8, 4) is 0 Å². The van der Waals surface area contributed by atoms with Gasteiger partial charge >= 0.3 is 13.1 Å². The Morgan fingerprint density at radius 2 is 1.31 bits per heavy atom. The van der Waals surface area contributed by atoms with E-state index in [4.69, 9.17) is 0 Å². The third kappa shape index (κ3) is 2.34. The van der Waals surface area contributed by atoms with E-state index in [1.165, 1.54) is 24.3 Å². The first-order valence-corrected chi connectivity index (χ1v) is 3.52. The van der Waals surface area contributed by atoms with Crippen LogP contribution in [0.25, 0.3) is 0 Å². The number of benzene rings is 1. The van der Waals surface area contributed by atoms with Crippen molar-refractivity contribution in [1.82, 2.24) is 0 Å². The van der Waals surface area contributed by atoms with Gasteiger partial charge in [-0.15, -0.1) is 0 Å². The van der Waals surface area contributed by atoms with Crippen LogP contribution < -0.4 is 4.90 Å². The van der Waals surface area contributed by atoms with Crippen molar-refractivity contribution in [1.29, 1.82) is 0 Å². The van der Waals surface area contributed by atoms with Crippen LogP contribution >= 0.6 is 0 Å². The van der Waals surface area contributed by atoms with Crippen LogP contribution in [0.4, 0.5) is 23.2 Å². The number of anilines is 1. The number of rotatable bonds is 3. The highest BCUT2D eigenvalue weighted by Crippen LogP contribution is 2.22. The second kappa shape index (κ2) is 4.11. The van der Waals surface area contributed by atoms with Gasteiger partial charge in [-0.3, -0.25) is 4.90 Å². The van der Waals surface area contributed by atoms with Crippen molar-refractivity contribution < 1.29 is 17.6 Å². The summed E-state index contributed by atoms with van der Waals surface area (Å²) in [6.07, 6.45) is 0. The number of nitrogens with zero attached hydrogens (tertiary/aromatic N) is 1. The lowest BCUT2D eigenvalue weighted by atomic mass is 10.3. The summed E-state index contributed by atoms with van der Waals surface area (Å²) < 4.78 is 48.3. The topological polar surface area (TPSA) is 3.24 Å². The SMILES string of the molecule is FC(F)N(c1ccccc1)C(F)F. The molecule has 0 amide bonds. The lowest BCUT2D eigenvalue weighted by molar-refractivity contribution is 0.0477. The average Bonchev–Trinajstić information content (AvgIpc) is 2.04. The number of hydrogen-bond acceptors (Lipinski definition) is 1. The second-order valence-electron chi connectivity index (χ2n) is 2.30. The quantitative estimate of drug-likeness (QED) is 0.527. The molecule has 0 N–H and O–H groups in total. The molecule has 1 rings (SSSR count). The van der Waals surface area contributed by atoms with Crippen LogP contribution in [0, 0.1) is 0 Å². The van der Waals surface area contributed by atoms with Crippen molar-refractivity contribution in [3.05, 3.63) is 30.3 Å². The number of para-hydroxylation sites is 1. The van der Waals surface area contributed by atoms with Gasteiger partial charge in [0.25, 0.3) is 0 Å². The standard InChI is InChI=1S/C8H7F4N/c9-7(10)13(8(11)12)6-4-2-1-3-5-6/h1-5,7-8H. The van der Waals surface area contributed by atoms with Gasteiger partial charge in [0.05, 0.1) is 0 Å². The summed E-state index contributed by atoms with van der Waals surface area (Å²) in [5, 5.41) is 0. The zero-order chi connectivity index (χ0) is 9.84. The molecule has 0 radical (unpaired) electrons. The Balaban J connectivity index is 2.89. The molecule has 1 aromatic carbocycles. The predicted molar refractivity (Wildman–Crippen MR) is 40.9 cm³/mol. The number of alkyl halides is 4. The van der Waals surface area contributed by atoms with E-state index in [0.717, 1.165) is 0 Å². The van der Waals surface area contributed by atoms with Crippen molar-refractivity contribution in [3.63, 3.8) is 0 Å². The zero-order valence-corrected chi connectivity index (χ0v) is 6.50. The minimum atomic E-state index is -3.19. The monoisotopic (exact) mass is 193 g/mol. The molecule has 1 nitrogen and oxygen atoms in total. The number of hydrogen-bond donors (Lipinski definition) is 0. The van der Waals surface area contributed by atoms with Crippen molar-refractivity contribution in [2.45, 2.75) is 13.1 Å². The van der Waals surface area contributed by atoms with Crippen LogP contribution in [-0.2, 0) is 0 Å². The molecule has 0 saturated carbocycles. The highest BCUT2D eigenvalue weighted by atomic mass is 19.3. The van der Waals surface area contributed by atoms with Crippen molar-refractivity contribution >= 4 is 5.69 Å². The van der Waals surface area contributed by atoms with Crippen LogP contribution in [0.15, 0.2) is 30.3 Å². The molecule has 0 aliphatic heterocycles. The molecular weight excluding hydrogens is 186 g/mol. The third-order valence-electron chi connectivity index (χ3n) is 1.47. The second-order valence-corrected chi connectivity index (χ2v) is 2.30. The molecule has 1 aromatic rings.